The number of hydrogen-bond donors (Lipinski definition) is 0. The number of nitrogens with zero attached hydrogens (tertiary/aromatic N) is 4. The van der Waals surface area contributed by atoms with E-state index >= 15 is 0 Å². The summed E-state index contributed by atoms with van der Waals surface area (Å²) < 4.78 is 0. The lowest BCUT2D eigenvalue weighted by molar-refractivity contribution is -0.122. The highest BCUT2D eigenvalue weighted by Gasteiger charge is 2.22. The molecule has 0 radical (unpaired) electrons. The van der Waals surface area contributed by atoms with Gasteiger partial charge >= 0.3 is 0 Å². The number of carbonyl (C=O) groups excluding carboxylic acids is 1. The SMILES string of the molecule is CC(=O)C1CCN(Cc2cnc(N3CCCCC3)nc2)CC1. The third-order valence-corrected chi connectivity index (χ3v) is 4.90. The van der Waals surface area contributed by atoms with Gasteiger partial charge in [-0.1, -0.05) is 0 Å². The lowest BCUT2D eigenvalue weighted by atomic mass is 9.93. The van der Waals surface area contributed by atoms with Crippen molar-refractivity contribution in [1.29, 1.82) is 0 Å². The Hall–Kier alpha value is -1.49. The van der Waals surface area contributed by atoms with Crippen LogP contribution in [0.5, 0.6) is 0 Å². The van der Waals surface area contributed by atoms with Gasteiger partial charge in [-0.05, 0) is 52.1 Å². The first-order valence-corrected chi connectivity index (χ1v) is 8.51. The monoisotopic (exact) mass is 302 g/mol. The average Bonchev–Trinajstić information content (AvgIpc) is 2.57. The zero-order valence-electron chi connectivity index (χ0n) is 13.5. The second-order valence-electron chi connectivity index (χ2n) is 6.60. The minimum Gasteiger partial charge on any atom is -0.341 e. The molecule has 1 aromatic heterocycles. The fraction of sp³-hybridized carbons (Fsp3) is 0.706. The Balaban J connectivity index is 1.52. The lowest BCUT2D eigenvalue weighted by Gasteiger charge is -2.30. The Labute approximate surface area is 132 Å². The van der Waals surface area contributed by atoms with Crippen molar-refractivity contribution >= 4 is 11.7 Å². The van der Waals surface area contributed by atoms with E-state index in [1.165, 1.54) is 24.8 Å². The molecule has 0 saturated carbocycles. The summed E-state index contributed by atoms with van der Waals surface area (Å²) >= 11 is 0. The van der Waals surface area contributed by atoms with Crippen molar-refractivity contribution < 1.29 is 4.79 Å². The van der Waals surface area contributed by atoms with Crippen LogP contribution in [0.2, 0.25) is 0 Å². The summed E-state index contributed by atoms with van der Waals surface area (Å²) in [4.78, 5) is 25.2. The first kappa shape index (κ1) is 15.4. The third-order valence-electron chi connectivity index (χ3n) is 4.90. The number of aromatic nitrogens is 2. The van der Waals surface area contributed by atoms with Gasteiger partial charge in [0, 0.05) is 43.5 Å². The van der Waals surface area contributed by atoms with Crippen molar-refractivity contribution in [3.8, 4) is 0 Å². The molecule has 0 aliphatic carbocycles. The summed E-state index contributed by atoms with van der Waals surface area (Å²) in [6, 6.07) is 0. The number of carbonyl (C=O) groups is 1. The van der Waals surface area contributed by atoms with Crippen LogP contribution in [0.4, 0.5) is 5.95 Å². The fourth-order valence-corrected chi connectivity index (χ4v) is 3.44. The molecule has 2 fully saturated rings. The normalized spacial score (nSPS) is 21.0. The zero-order chi connectivity index (χ0) is 15.4. The van der Waals surface area contributed by atoms with Gasteiger partial charge in [0.1, 0.15) is 5.78 Å². The number of ketones is 1. The maximum atomic E-state index is 11.4. The van der Waals surface area contributed by atoms with E-state index in [0.29, 0.717) is 5.78 Å². The van der Waals surface area contributed by atoms with E-state index in [2.05, 4.69) is 19.8 Å². The van der Waals surface area contributed by atoms with Crippen LogP contribution < -0.4 is 4.90 Å². The van der Waals surface area contributed by atoms with E-state index < -0.39 is 0 Å². The highest BCUT2D eigenvalue weighted by Crippen LogP contribution is 2.20. The van der Waals surface area contributed by atoms with Crippen LogP contribution in [0.15, 0.2) is 12.4 Å². The minimum absolute atomic E-state index is 0.272. The van der Waals surface area contributed by atoms with Crippen LogP contribution in [0, 0.1) is 5.92 Å². The molecule has 2 aliphatic heterocycles. The van der Waals surface area contributed by atoms with E-state index in [1.807, 2.05) is 12.4 Å². The molecule has 0 spiro atoms. The summed E-state index contributed by atoms with van der Waals surface area (Å²) in [5.74, 6) is 1.49. The zero-order valence-corrected chi connectivity index (χ0v) is 13.5. The van der Waals surface area contributed by atoms with Crippen molar-refractivity contribution in [1.82, 2.24) is 14.9 Å². The molecule has 0 N–H and O–H groups in total. The molecule has 0 atom stereocenters. The highest BCUT2D eigenvalue weighted by atomic mass is 16.1. The first-order chi connectivity index (χ1) is 10.7. The van der Waals surface area contributed by atoms with Gasteiger partial charge in [0.15, 0.2) is 0 Å². The van der Waals surface area contributed by atoms with E-state index in [1.54, 1.807) is 6.92 Å². The number of piperidine rings is 2. The first-order valence-electron chi connectivity index (χ1n) is 8.51. The standard InChI is InChI=1S/C17H26N4O/c1-14(22)16-5-9-20(10-6-16)13-15-11-18-17(19-12-15)21-7-3-2-4-8-21/h11-12,16H,2-10,13H2,1H3. The van der Waals surface area contributed by atoms with Crippen molar-refractivity contribution in [2.75, 3.05) is 31.1 Å². The number of rotatable bonds is 4. The summed E-state index contributed by atoms with van der Waals surface area (Å²) in [7, 11) is 0. The lowest BCUT2D eigenvalue weighted by Crippen LogP contribution is -2.35. The van der Waals surface area contributed by atoms with E-state index in [9.17, 15) is 4.79 Å². The number of hydrogen-bond acceptors (Lipinski definition) is 5. The quantitative estimate of drug-likeness (QED) is 0.854. The molecule has 0 bridgehead atoms. The van der Waals surface area contributed by atoms with Crippen molar-refractivity contribution in [3.63, 3.8) is 0 Å². The van der Waals surface area contributed by atoms with Crippen molar-refractivity contribution in [3.05, 3.63) is 18.0 Å². The second-order valence-corrected chi connectivity index (χ2v) is 6.60. The molecule has 5 heteroatoms. The van der Waals surface area contributed by atoms with Gasteiger partial charge in [-0.3, -0.25) is 9.69 Å². The minimum atomic E-state index is 0.272. The predicted octanol–water partition coefficient (Wildman–Crippen LogP) is 2.27. The highest BCUT2D eigenvalue weighted by molar-refractivity contribution is 5.78. The molecule has 0 unspecified atom stereocenters. The number of anilines is 1. The second kappa shape index (κ2) is 7.18. The van der Waals surface area contributed by atoms with Crippen LogP contribution in [0.25, 0.3) is 0 Å². The Bertz CT molecular complexity index is 488. The molecule has 0 amide bonds. The smallest absolute Gasteiger partial charge is 0.225 e. The van der Waals surface area contributed by atoms with Gasteiger partial charge in [0.25, 0.3) is 0 Å². The summed E-state index contributed by atoms with van der Waals surface area (Å²) in [6.07, 6.45) is 9.73. The maximum Gasteiger partial charge on any atom is 0.225 e. The molecule has 3 rings (SSSR count). The van der Waals surface area contributed by atoms with Gasteiger partial charge in [0.05, 0.1) is 0 Å². The maximum absolute atomic E-state index is 11.4. The van der Waals surface area contributed by atoms with Gasteiger partial charge in [0.2, 0.25) is 5.95 Å². The topological polar surface area (TPSA) is 49.3 Å². The Morgan fingerprint density at radius 1 is 1.09 bits per heavy atom. The van der Waals surface area contributed by atoms with E-state index in [0.717, 1.165) is 51.5 Å². The van der Waals surface area contributed by atoms with E-state index in [4.69, 9.17) is 0 Å². The van der Waals surface area contributed by atoms with Gasteiger partial charge in [-0.15, -0.1) is 0 Å². The Morgan fingerprint density at radius 2 is 1.73 bits per heavy atom. The molecule has 2 saturated heterocycles. The van der Waals surface area contributed by atoms with Crippen LogP contribution in [0.1, 0.15) is 44.6 Å². The van der Waals surface area contributed by atoms with Gasteiger partial charge < -0.3 is 4.90 Å². The summed E-state index contributed by atoms with van der Waals surface area (Å²) in [5.41, 5.74) is 1.17. The van der Waals surface area contributed by atoms with Crippen LogP contribution >= 0.6 is 0 Å². The largest absolute Gasteiger partial charge is 0.341 e. The molecular weight excluding hydrogens is 276 g/mol. The summed E-state index contributed by atoms with van der Waals surface area (Å²) in [6.45, 7) is 6.77. The Morgan fingerprint density at radius 3 is 2.32 bits per heavy atom. The van der Waals surface area contributed by atoms with Gasteiger partial charge in [-0.25, -0.2) is 9.97 Å². The summed E-state index contributed by atoms with van der Waals surface area (Å²) in [5, 5.41) is 0. The number of likely N-dealkylation sites (tertiary alicyclic amines) is 1. The number of Topliss-reactive ketones (excluding diaryl/α,β-unsaturated/α-hetero) is 1. The molecule has 5 nitrogen and oxygen atoms in total. The fourth-order valence-electron chi connectivity index (χ4n) is 3.44. The van der Waals surface area contributed by atoms with Crippen molar-refractivity contribution in [2.45, 2.75) is 45.6 Å². The molecule has 1 aromatic rings. The molecular formula is C17H26N4O. The predicted molar refractivity (Wildman–Crippen MR) is 86.8 cm³/mol. The average molecular weight is 302 g/mol. The van der Waals surface area contributed by atoms with Gasteiger partial charge in [-0.2, -0.15) is 0 Å². The Kier molecular flexibility index (Phi) is 5.03. The molecule has 2 aliphatic rings. The molecule has 120 valence electrons. The van der Waals surface area contributed by atoms with Crippen LogP contribution in [0.3, 0.4) is 0 Å². The molecule has 0 aromatic carbocycles. The van der Waals surface area contributed by atoms with Crippen LogP contribution in [-0.4, -0.2) is 46.8 Å². The van der Waals surface area contributed by atoms with Crippen molar-refractivity contribution in [2.24, 2.45) is 5.92 Å². The third kappa shape index (κ3) is 3.83. The van der Waals surface area contributed by atoms with Crippen LogP contribution in [-0.2, 0) is 11.3 Å². The molecule has 3 heterocycles. The molecule has 22 heavy (non-hydrogen) atoms. The van der Waals surface area contributed by atoms with E-state index in [-0.39, 0.29) is 5.92 Å².